The highest BCUT2D eigenvalue weighted by molar-refractivity contribution is 7.99. The Hall–Kier alpha value is -3.23. The molecule has 0 aliphatic carbocycles. The van der Waals surface area contributed by atoms with Crippen molar-refractivity contribution in [1.29, 1.82) is 0 Å². The average Bonchev–Trinajstić information content (AvgIpc) is 2.89. The molecule has 8 heteroatoms. The van der Waals surface area contributed by atoms with Crippen molar-refractivity contribution in [2.24, 2.45) is 0 Å². The molecule has 0 spiro atoms. The molecule has 34 heavy (non-hydrogen) atoms. The zero-order valence-corrected chi connectivity index (χ0v) is 20.5. The Morgan fingerprint density at radius 3 is 2.29 bits per heavy atom. The minimum atomic E-state index is 0.0230. The third-order valence-electron chi connectivity index (χ3n) is 5.80. The third kappa shape index (κ3) is 5.29. The first-order valence-electron chi connectivity index (χ1n) is 11.1. The smallest absolute Gasteiger partial charge is 0.256 e. The van der Waals surface area contributed by atoms with Crippen molar-refractivity contribution >= 4 is 17.7 Å². The number of rotatable bonds is 8. The van der Waals surface area contributed by atoms with Gasteiger partial charge in [-0.25, -0.2) is 4.98 Å². The number of pyridine rings is 1. The van der Waals surface area contributed by atoms with E-state index in [1.54, 1.807) is 27.5 Å². The van der Waals surface area contributed by atoms with E-state index in [9.17, 15) is 4.79 Å². The lowest BCUT2D eigenvalue weighted by atomic mass is 10.1. The number of ether oxygens (including phenoxy) is 3. The zero-order chi connectivity index (χ0) is 23.9. The Bertz CT molecular complexity index is 1120. The number of hydrogen-bond donors (Lipinski definition) is 0. The van der Waals surface area contributed by atoms with Gasteiger partial charge in [-0.2, -0.15) is 0 Å². The third-order valence-corrected chi connectivity index (χ3v) is 6.83. The summed E-state index contributed by atoms with van der Waals surface area (Å²) in [5.41, 5.74) is 1.67. The van der Waals surface area contributed by atoms with Crippen LogP contribution in [0.25, 0.3) is 0 Å². The predicted octanol–water partition coefficient (Wildman–Crippen LogP) is 4.22. The number of piperazine rings is 1. The van der Waals surface area contributed by atoms with Crippen LogP contribution in [0.2, 0.25) is 0 Å². The summed E-state index contributed by atoms with van der Waals surface area (Å²) in [6.45, 7) is 3.54. The highest BCUT2D eigenvalue weighted by Crippen LogP contribution is 2.40. The number of hydrogen-bond acceptors (Lipinski definition) is 7. The fraction of sp³-hybridized carbons (Fsp3) is 0.308. The Kier molecular flexibility index (Phi) is 7.92. The average molecular weight is 480 g/mol. The molecule has 1 saturated heterocycles. The summed E-state index contributed by atoms with van der Waals surface area (Å²) < 4.78 is 16.5. The molecule has 1 amide bonds. The number of carbonyl (C=O) groups is 1. The summed E-state index contributed by atoms with van der Waals surface area (Å²) in [5, 5.41) is 0.733. The molecular weight excluding hydrogens is 450 g/mol. The van der Waals surface area contributed by atoms with E-state index in [-0.39, 0.29) is 5.91 Å². The van der Waals surface area contributed by atoms with Gasteiger partial charge in [-0.05, 0) is 30.3 Å². The lowest BCUT2D eigenvalue weighted by Crippen LogP contribution is -2.48. The van der Waals surface area contributed by atoms with Crippen molar-refractivity contribution < 1.29 is 19.0 Å². The SMILES string of the molecule is COc1ccc(CN2CCN(C(=O)c3cccnc3Sc3ccccc3)CC2)c(OC)c1OC. The highest BCUT2D eigenvalue weighted by atomic mass is 32.2. The van der Waals surface area contributed by atoms with Crippen LogP contribution in [0.1, 0.15) is 15.9 Å². The summed E-state index contributed by atoms with van der Waals surface area (Å²) in [5.74, 6) is 1.93. The molecule has 0 atom stereocenters. The van der Waals surface area contributed by atoms with E-state index in [1.807, 2.05) is 59.5 Å². The fourth-order valence-electron chi connectivity index (χ4n) is 4.04. The maximum absolute atomic E-state index is 13.3. The van der Waals surface area contributed by atoms with Crippen LogP contribution in [0.5, 0.6) is 17.2 Å². The maximum Gasteiger partial charge on any atom is 0.256 e. The Morgan fingerprint density at radius 2 is 1.62 bits per heavy atom. The van der Waals surface area contributed by atoms with Crippen LogP contribution in [-0.2, 0) is 6.54 Å². The van der Waals surface area contributed by atoms with E-state index < -0.39 is 0 Å². The first-order valence-corrected chi connectivity index (χ1v) is 11.9. The molecule has 0 unspecified atom stereocenters. The molecule has 2 heterocycles. The normalized spacial score (nSPS) is 14.0. The minimum Gasteiger partial charge on any atom is -0.493 e. The topological polar surface area (TPSA) is 64.1 Å². The molecule has 4 rings (SSSR count). The summed E-state index contributed by atoms with van der Waals surface area (Å²) in [7, 11) is 4.85. The van der Waals surface area contributed by atoms with Crippen LogP contribution < -0.4 is 14.2 Å². The van der Waals surface area contributed by atoms with Crippen LogP contribution in [0.15, 0.2) is 70.7 Å². The lowest BCUT2D eigenvalue weighted by molar-refractivity contribution is 0.0623. The van der Waals surface area contributed by atoms with Gasteiger partial charge in [0.2, 0.25) is 5.75 Å². The molecule has 1 aliphatic heterocycles. The van der Waals surface area contributed by atoms with Gasteiger partial charge in [0, 0.05) is 49.4 Å². The van der Waals surface area contributed by atoms with Crippen molar-refractivity contribution in [3.63, 3.8) is 0 Å². The van der Waals surface area contributed by atoms with Gasteiger partial charge in [-0.1, -0.05) is 36.0 Å². The van der Waals surface area contributed by atoms with Crippen LogP contribution >= 0.6 is 11.8 Å². The summed E-state index contributed by atoms with van der Waals surface area (Å²) in [4.78, 5) is 23.1. The van der Waals surface area contributed by atoms with E-state index in [0.717, 1.165) is 28.6 Å². The van der Waals surface area contributed by atoms with Crippen LogP contribution in [-0.4, -0.2) is 68.2 Å². The number of aromatic nitrogens is 1. The van der Waals surface area contributed by atoms with Crippen LogP contribution in [0, 0.1) is 0 Å². The van der Waals surface area contributed by atoms with Gasteiger partial charge < -0.3 is 19.1 Å². The molecular formula is C26H29N3O4S. The molecule has 178 valence electrons. The van der Waals surface area contributed by atoms with Gasteiger partial charge in [0.05, 0.1) is 26.9 Å². The van der Waals surface area contributed by atoms with E-state index in [4.69, 9.17) is 14.2 Å². The highest BCUT2D eigenvalue weighted by Gasteiger charge is 2.26. The van der Waals surface area contributed by atoms with E-state index in [1.165, 1.54) is 11.8 Å². The molecule has 0 N–H and O–H groups in total. The number of carbonyl (C=O) groups excluding carboxylic acids is 1. The number of amides is 1. The van der Waals surface area contributed by atoms with Crippen molar-refractivity contribution in [3.8, 4) is 17.2 Å². The van der Waals surface area contributed by atoms with Crippen LogP contribution in [0.3, 0.4) is 0 Å². The molecule has 1 aromatic heterocycles. The monoisotopic (exact) mass is 479 g/mol. The molecule has 7 nitrogen and oxygen atoms in total. The second kappa shape index (κ2) is 11.3. The van der Waals surface area contributed by atoms with Gasteiger partial charge in [-0.15, -0.1) is 0 Å². The Labute approximate surface area is 204 Å². The maximum atomic E-state index is 13.3. The molecule has 2 aromatic carbocycles. The second-order valence-corrected chi connectivity index (χ2v) is 8.90. The second-order valence-electron chi connectivity index (χ2n) is 7.83. The standard InChI is InChI=1S/C26H29N3O4S/c1-31-22-12-11-19(23(32-2)24(22)33-3)18-28-14-16-29(17-15-28)26(30)21-10-7-13-27-25(21)34-20-8-5-4-6-9-20/h4-13H,14-18H2,1-3H3. The van der Waals surface area contributed by atoms with Crippen molar-refractivity contribution in [3.05, 3.63) is 71.9 Å². The molecule has 0 bridgehead atoms. The van der Waals surface area contributed by atoms with Crippen molar-refractivity contribution in [1.82, 2.24) is 14.8 Å². The van der Waals surface area contributed by atoms with Gasteiger partial charge in [-0.3, -0.25) is 9.69 Å². The molecule has 0 radical (unpaired) electrons. The molecule has 3 aromatic rings. The summed E-state index contributed by atoms with van der Waals surface area (Å²) in [6.07, 6.45) is 1.73. The Balaban J connectivity index is 1.42. The minimum absolute atomic E-state index is 0.0230. The van der Waals surface area contributed by atoms with E-state index in [0.29, 0.717) is 42.4 Å². The summed E-state index contributed by atoms with van der Waals surface area (Å²) >= 11 is 1.51. The predicted molar refractivity (Wildman–Crippen MR) is 132 cm³/mol. The first kappa shape index (κ1) is 23.9. The number of methoxy groups -OCH3 is 3. The molecule has 0 saturated carbocycles. The van der Waals surface area contributed by atoms with Crippen molar-refractivity contribution in [2.75, 3.05) is 47.5 Å². The molecule has 1 aliphatic rings. The van der Waals surface area contributed by atoms with E-state index in [2.05, 4.69) is 9.88 Å². The van der Waals surface area contributed by atoms with Gasteiger partial charge >= 0.3 is 0 Å². The lowest BCUT2D eigenvalue weighted by Gasteiger charge is -2.35. The van der Waals surface area contributed by atoms with Gasteiger partial charge in [0.25, 0.3) is 5.91 Å². The zero-order valence-electron chi connectivity index (χ0n) is 19.7. The van der Waals surface area contributed by atoms with Crippen molar-refractivity contribution in [2.45, 2.75) is 16.5 Å². The van der Waals surface area contributed by atoms with Gasteiger partial charge in [0.1, 0.15) is 5.03 Å². The number of nitrogens with zero attached hydrogens (tertiary/aromatic N) is 3. The quantitative estimate of drug-likeness (QED) is 0.479. The Morgan fingerprint density at radius 1 is 0.882 bits per heavy atom. The molecule has 1 fully saturated rings. The largest absolute Gasteiger partial charge is 0.493 e. The first-order chi connectivity index (χ1) is 16.6. The van der Waals surface area contributed by atoms with Gasteiger partial charge in [0.15, 0.2) is 11.5 Å². The number of benzene rings is 2. The fourth-order valence-corrected chi connectivity index (χ4v) is 4.94. The van der Waals surface area contributed by atoms with E-state index >= 15 is 0 Å². The summed E-state index contributed by atoms with van der Waals surface area (Å²) in [6, 6.07) is 17.6. The van der Waals surface area contributed by atoms with Crippen LogP contribution in [0.4, 0.5) is 0 Å².